The molecule has 0 atom stereocenters. The van der Waals surface area contributed by atoms with Gasteiger partial charge in [0, 0.05) is 0 Å². The van der Waals surface area contributed by atoms with Gasteiger partial charge in [0.2, 0.25) is 0 Å². The first-order chi connectivity index (χ1) is 7.66. The van der Waals surface area contributed by atoms with E-state index in [1.807, 2.05) is 52.0 Å². The van der Waals surface area contributed by atoms with Crippen molar-refractivity contribution in [3.05, 3.63) is 60.7 Å². The molecule has 0 amide bonds. The molecular formula is C16H22. The van der Waals surface area contributed by atoms with Gasteiger partial charge < -0.3 is 0 Å². The fourth-order valence-corrected chi connectivity index (χ4v) is 1.43. The molecular weight excluding hydrogens is 192 g/mol. The third-order valence-electron chi connectivity index (χ3n) is 2.10. The molecule has 0 nitrogen and oxygen atoms in total. The molecule has 0 bridgehead atoms. The van der Waals surface area contributed by atoms with Gasteiger partial charge in [0.1, 0.15) is 0 Å². The second-order valence-corrected chi connectivity index (χ2v) is 3.35. The minimum atomic E-state index is 1.03. The van der Waals surface area contributed by atoms with Crippen LogP contribution in [-0.4, -0.2) is 0 Å². The van der Waals surface area contributed by atoms with Gasteiger partial charge in [0.05, 0.1) is 0 Å². The third-order valence-corrected chi connectivity index (χ3v) is 2.10. The van der Waals surface area contributed by atoms with E-state index >= 15 is 0 Å². The molecule has 1 aromatic rings. The number of benzene rings is 1. The fraction of sp³-hybridized carbons (Fsp3) is 0.250. The van der Waals surface area contributed by atoms with E-state index in [2.05, 4.69) is 25.3 Å². The van der Waals surface area contributed by atoms with Crippen molar-refractivity contribution in [2.75, 3.05) is 0 Å². The standard InChI is InChI=1S/C14H16.C2H6/c1-5-8-12(4)14-10-7-6-9-13(14)11(2)3;1-2/h5-10H,2,4H2,1,3H3;1-2H3/b8-5+;. The van der Waals surface area contributed by atoms with E-state index in [4.69, 9.17) is 0 Å². The molecule has 0 radical (unpaired) electrons. The number of hydrogen-bond donors (Lipinski definition) is 0. The van der Waals surface area contributed by atoms with Crippen molar-refractivity contribution in [2.45, 2.75) is 27.7 Å². The smallest absolute Gasteiger partial charge is 0.0115 e. The highest BCUT2D eigenvalue weighted by atomic mass is 14.1. The van der Waals surface area contributed by atoms with Crippen LogP contribution in [0.15, 0.2) is 49.6 Å². The van der Waals surface area contributed by atoms with E-state index in [0.717, 1.165) is 16.7 Å². The Hall–Kier alpha value is -1.56. The summed E-state index contributed by atoms with van der Waals surface area (Å²) < 4.78 is 0. The molecule has 0 saturated carbocycles. The summed E-state index contributed by atoms with van der Waals surface area (Å²) >= 11 is 0. The molecule has 16 heavy (non-hydrogen) atoms. The SMILES string of the molecule is C=C(C)c1ccccc1C(=C)/C=C/C.CC. The van der Waals surface area contributed by atoms with Gasteiger partial charge >= 0.3 is 0 Å². The molecule has 0 saturated heterocycles. The van der Waals surface area contributed by atoms with Gasteiger partial charge in [-0.1, -0.05) is 69.0 Å². The van der Waals surface area contributed by atoms with Gasteiger partial charge in [-0.3, -0.25) is 0 Å². The second kappa shape index (κ2) is 7.70. The lowest BCUT2D eigenvalue weighted by atomic mass is 9.96. The second-order valence-electron chi connectivity index (χ2n) is 3.35. The van der Waals surface area contributed by atoms with Gasteiger partial charge in [-0.25, -0.2) is 0 Å². The third kappa shape index (κ3) is 3.90. The van der Waals surface area contributed by atoms with Crippen LogP contribution in [0.4, 0.5) is 0 Å². The Balaban J connectivity index is 0.00000106. The Kier molecular flexibility index (Phi) is 6.95. The molecule has 0 aliphatic heterocycles. The lowest BCUT2D eigenvalue weighted by molar-refractivity contribution is 1.50. The van der Waals surface area contributed by atoms with E-state index in [1.165, 1.54) is 5.56 Å². The Morgan fingerprint density at radius 3 is 2.00 bits per heavy atom. The molecule has 0 aromatic heterocycles. The number of allylic oxidation sites excluding steroid dienone is 4. The van der Waals surface area contributed by atoms with Crippen molar-refractivity contribution >= 4 is 11.1 Å². The molecule has 0 N–H and O–H groups in total. The van der Waals surface area contributed by atoms with Crippen LogP contribution >= 0.6 is 0 Å². The molecule has 86 valence electrons. The summed E-state index contributed by atoms with van der Waals surface area (Å²) in [5, 5.41) is 0. The molecule has 0 aliphatic carbocycles. The molecule has 0 spiro atoms. The van der Waals surface area contributed by atoms with Crippen molar-refractivity contribution in [1.82, 2.24) is 0 Å². The number of rotatable bonds is 3. The van der Waals surface area contributed by atoms with Crippen molar-refractivity contribution in [3.8, 4) is 0 Å². The monoisotopic (exact) mass is 214 g/mol. The summed E-state index contributed by atoms with van der Waals surface area (Å²) in [6, 6.07) is 8.20. The van der Waals surface area contributed by atoms with Crippen molar-refractivity contribution in [2.24, 2.45) is 0 Å². The minimum Gasteiger partial charge on any atom is -0.0955 e. The van der Waals surface area contributed by atoms with E-state index in [9.17, 15) is 0 Å². The quantitative estimate of drug-likeness (QED) is 0.596. The zero-order valence-corrected chi connectivity index (χ0v) is 10.9. The predicted molar refractivity (Wildman–Crippen MR) is 76.3 cm³/mol. The van der Waals surface area contributed by atoms with Crippen molar-refractivity contribution in [3.63, 3.8) is 0 Å². The molecule has 0 unspecified atom stereocenters. The Labute approximate surface area is 100 Å². The van der Waals surface area contributed by atoms with Gasteiger partial charge in [-0.15, -0.1) is 0 Å². The predicted octanol–water partition coefficient (Wildman–Crippen LogP) is 5.34. The molecule has 0 heterocycles. The Morgan fingerprint density at radius 2 is 1.56 bits per heavy atom. The molecule has 0 fully saturated rings. The summed E-state index contributed by atoms with van der Waals surface area (Å²) in [4.78, 5) is 0. The van der Waals surface area contributed by atoms with E-state index in [-0.39, 0.29) is 0 Å². The average Bonchev–Trinajstić information content (AvgIpc) is 2.32. The fourth-order valence-electron chi connectivity index (χ4n) is 1.43. The zero-order valence-electron chi connectivity index (χ0n) is 10.9. The lowest BCUT2D eigenvalue weighted by Crippen LogP contribution is -1.87. The Morgan fingerprint density at radius 1 is 1.06 bits per heavy atom. The van der Waals surface area contributed by atoms with Crippen LogP contribution in [0, 0.1) is 0 Å². The maximum atomic E-state index is 4.03. The van der Waals surface area contributed by atoms with Crippen LogP contribution in [0.1, 0.15) is 38.8 Å². The van der Waals surface area contributed by atoms with E-state index < -0.39 is 0 Å². The van der Waals surface area contributed by atoms with Gasteiger partial charge in [0.25, 0.3) is 0 Å². The van der Waals surface area contributed by atoms with E-state index in [0.29, 0.717) is 0 Å². The first-order valence-electron chi connectivity index (χ1n) is 5.73. The molecule has 0 heteroatoms. The summed E-state index contributed by atoms with van der Waals surface area (Å²) in [5.74, 6) is 0. The van der Waals surface area contributed by atoms with Gasteiger partial charge in [-0.05, 0) is 30.5 Å². The molecule has 1 rings (SSSR count). The highest BCUT2D eigenvalue weighted by molar-refractivity contribution is 5.81. The molecule has 1 aromatic carbocycles. The van der Waals surface area contributed by atoms with Crippen LogP contribution < -0.4 is 0 Å². The van der Waals surface area contributed by atoms with Crippen LogP contribution in [0.3, 0.4) is 0 Å². The summed E-state index contributed by atoms with van der Waals surface area (Å²) in [5.41, 5.74) is 4.45. The topological polar surface area (TPSA) is 0 Å². The van der Waals surface area contributed by atoms with Crippen molar-refractivity contribution < 1.29 is 0 Å². The maximum absolute atomic E-state index is 4.03. The first kappa shape index (κ1) is 14.4. The summed E-state index contributed by atoms with van der Waals surface area (Å²) in [6.45, 7) is 16.0. The number of hydrogen-bond acceptors (Lipinski definition) is 0. The minimum absolute atomic E-state index is 1.03. The van der Waals surface area contributed by atoms with Crippen LogP contribution in [-0.2, 0) is 0 Å². The lowest BCUT2D eigenvalue weighted by Gasteiger charge is -2.08. The summed E-state index contributed by atoms with van der Waals surface area (Å²) in [6.07, 6.45) is 4.01. The largest absolute Gasteiger partial charge is 0.0955 e. The average molecular weight is 214 g/mol. The first-order valence-corrected chi connectivity index (χ1v) is 5.73. The van der Waals surface area contributed by atoms with Gasteiger partial charge in [-0.2, -0.15) is 0 Å². The zero-order chi connectivity index (χ0) is 12.6. The normalized spacial score (nSPS) is 9.50. The van der Waals surface area contributed by atoms with Crippen molar-refractivity contribution in [1.29, 1.82) is 0 Å². The Bertz CT molecular complexity index is 381. The summed E-state index contributed by atoms with van der Waals surface area (Å²) in [7, 11) is 0. The highest BCUT2D eigenvalue weighted by Crippen LogP contribution is 2.23. The highest BCUT2D eigenvalue weighted by Gasteiger charge is 2.02. The van der Waals surface area contributed by atoms with Crippen LogP contribution in [0.5, 0.6) is 0 Å². The van der Waals surface area contributed by atoms with Gasteiger partial charge in [0.15, 0.2) is 0 Å². The van der Waals surface area contributed by atoms with Crippen LogP contribution in [0.2, 0.25) is 0 Å². The van der Waals surface area contributed by atoms with Crippen LogP contribution in [0.25, 0.3) is 11.1 Å². The molecule has 0 aliphatic rings. The van der Waals surface area contributed by atoms with E-state index in [1.54, 1.807) is 0 Å². The maximum Gasteiger partial charge on any atom is -0.0115 e.